The van der Waals surface area contributed by atoms with Crippen molar-refractivity contribution < 1.29 is 33.9 Å². The van der Waals surface area contributed by atoms with E-state index in [9.17, 15) is 33.9 Å². The molecular weight excluding hydrogens is 466 g/mol. The van der Waals surface area contributed by atoms with Crippen molar-refractivity contribution in [1.82, 2.24) is 10.2 Å². The predicted octanol–water partition coefficient (Wildman–Crippen LogP) is -5.55. The van der Waals surface area contributed by atoms with Gasteiger partial charge in [0, 0.05) is 13.1 Å². The summed E-state index contributed by atoms with van der Waals surface area (Å²) in [6.45, 7) is -2.20. The number of likely N-dealkylation sites (tertiary alicyclic amines) is 1. The Morgan fingerprint density at radius 1 is 1.00 bits per heavy atom. The zero-order valence-electron chi connectivity index (χ0n) is 19.1. The molecule has 1 aliphatic heterocycles. The number of nitrogens with one attached hydrogen (secondary N) is 2. The van der Waals surface area contributed by atoms with E-state index in [1.54, 1.807) is 0 Å². The fourth-order valence-corrected chi connectivity index (χ4v) is 4.54. The topological polar surface area (TPSA) is 318 Å². The summed E-state index contributed by atoms with van der Waals surface area (Å²) in [5.74, 6) is -8.03. The zero-order valence-corrected chi connectivity index (χ0v) is 19.1. The number of Topliss-reactive ketones (excluding diaryl/α,β-unsaturated/α-hetero) is 3. The Balaban J connectivity index is 3.68. The summed E-state index contributed by atoms with van der Waals surface area (Å²) in [6.07, 6.45) is -1.17. The number of nitrogens with two attached hydrogens (primary N) is 6. The van der Waals surface area contributed by atoms with Crippen molar-refractivity contribution in [1.29, 1.82) is 5.41 Å². The van der Waals surface area contributed by atoms with Gasteiger partial charge >= 0.3 is 5.97 Å². The minimum Gasteiger partial charge on any atom is -0.479 e. The second-order valence-corrected chi connectivity index (χ2v) is 8.15. The third kappa shape index (κ3) is 5.29. The van der Waals surface area contributed by atoms with E-state index in [-0.39, 0.29) is 25.3 Å². The number of carbonyl (C=O) groups excluding carboxylic acids is 5. The molecule has 0 bridgehead atoms. The number of amides is 2. The minimum absolute atomic E-state index is 0.0830. The summed E-state index contributed by atoms with van der Waals surface area (Å²) in [7, 11) is 0. The molecule has 0 aliphatic carbocycles. The molecule has 4 atom stereocenters. The van der Waals surface area contributed by atoms with E-state index in [1.807, 2.05) is 0 Å². The van der Waals surface area contributed by atoms with Crippen LogP contribution < -0.4 is 39.7 Å². The molecule has 16 nitrogen and oxygen atoms in total. The Hall–Kier alpha value is -3.47. The monoisotopic (exact) mass is 499 g/mol. The van der Waals surface area contributed by atoms with Crippen LogP contribution in [0.5, 0.6) is 0 Å². The molecule has 2 amide bonds. The number of primary amides is 1. The van der Waals surface area contributed by atoms with E-state index in [0.717, 1.165) is 0 Å². The Labute approximate surface area is 200 Å². The van der Waals surface area contributed by atoms with Crippen LogP contribution in [0.1, 0.15) is 25.7 Å². The molecular formula is C19H33N9O7. The Kier molecular flexibility index (Phi) is 9.95. The van der Waals surface area contributed by atoms with Gasteiger partial charge in [0.1, 0.15) is 5.41 Å². The highest BCUT2D eigenvalue weighted by Gasteiger charge is 2.75. The van der Waals surface area contributed by atoms with Crippen molar-refractivity contribution in [2.24, 2.45) is 39.8 Å². The van der Waals surface area contributed by atoms with E-state index in [1.165, 1.54) is 0 Å². The van der Waals surface area contributed by atoms with E-state index in [2.05, 4.69) is 5.32 Å². The smallest absolute Gasteiger partial charge is 0.339 e. The van der Waals surface area contributed by atoms with Gasteiger partial charge in [-0.2, -0.15) is 0 Å². The zero-order chi connectivity index (χ0) is 27.1. The number of carboxylic acid groups (broad SMARTS) is 1. The van der Waals surface area contributed by atoms with Gasteiger partial charge in [-0.05, 0) is 19.3 Å². The number of nitrogens with zero attached hydrogens (tertiary/aromatic N) is 1. The maximum atomic E-state index is 13.7. The highest BCUT2D eigenvalue weighted by molar-refractivity contribution is 6.25. The molecule has 1 saturated heterocycles. The van der Waals surface area contributed by atoms with Crippen molar-refractivity contribution in [3.8, 4) is 0 Å². The first-order chi connectivity index (χ1) is 16.2. The number of aliphatic carboxylic acids is 1. The summed E-state index contributed by atoms with van der Waals surface area (Å²) in [4.78, 5) is 77.6. The Bertz CT molecular complexity index is 911. The van der Waals surface area contributed by atoms with Crippen LogP contribution in [0.25, 0.3) is 0 Å². The van der Waals surface area contributed by atoms with Gasteiger partial charge in [0.25, 0.3) is 0 Å². The number of rotatable bonds is 14. The fourth-order valence-electron chi connectivity index (χ4n) is 4.54. The first-order valence-electron chi connectivity index (χ1n) is 10.7. The second kappa shape index (κ2) is 11.8. The molecule has 0 radical (unpaired) electrons. The van der Waals surface area contributed by atoms with Crippen LogP contribution in [-0.4, -0.2) is 94.9 Å². The molecule has 15 N–H and O–H groups in total. The number of carboxylic acids is 1. The van der Waals surface area contributed by atoms with E-state index < -0.39 is 90.6 Å². The van der Waals surface area contributed by atoms with Crippen molar-refractivity contribution in [3.63, 3.8) is 0 Å². The number of guanidine groups is 1. The van der Waals surface area contributed by atoms with Gasteiger partial charge in [0.2, 0.25) is 17.4 Å². The van der Waals surface area contributed by atoms with E-state index in [0.29, 0.717) is 4.90 Å². The van der Waals surface area contributed by atoms with Gasteiger partial charge in [-0.3, -0.25) is 29.4 Å². The van der Waals surface area contributed by atoms with Crippen molar-refractivity contribution >= 4 is 41.1 Å². The van der Waals surface area contributed by atoms with Gasteiger partial charge in [0.15, 0.2) is 23.3 Å². The van der Waals surface area contributed by atoms with Gasteiger partial charge in [-0.1, -0.05) is 0 Å². The molecule has 0 saturated carbocycles. The van der Waals surface area contributed by atoms with Crippen LogP contribution in [0.3, 0.4) is 0 Å². The minimum atomic E-state index is -3.09. The molecule has 4 unspecified atom stereocenters. The maximum absolute atomic E-state index is 13.7. The van der Waals surface area contributed by atoms with Gasteiger partial charge in [-0.25, -0.2) is 4.79 Å². The molecule has 0 aromatic heterocycles. The van der Waals surface area contributed by atoms with Crippen molar-refractivity contribution in [2.75, 3.05) is 26.2 Å². The van der Waals surface area contributed by atoms with Crippen LogP contribution in [0.4, 0.5) is 0 Å². The highest BCUT2D eigenvalue weighted by atomic mass is 16.4. The first kappa shape index (κ1) is 29.6. The number of carbonyl (C=O) groups is 6. The fraction of sp³-hybridized carbons (Fsp3) is 0.632. The SMILES string of the molecule is N=C(N)NCCCC(N)C(=O)C1(C(=O)CN)CCN(C(=O)C(N)CC(N)=O)C1(C(=O)O)C(=O)CN. The van der Waals surface area contributed by atoms with Crippen LogP contribution in [0.2, 0.25) is 0 Å². The number of ketones is 3. The summed E-state index contributed by atoms with van der Waals surface area (Å²) < 4.78 is 0. The molecule has 0 aromatic rings. The highest BCUT2D eigenvalue weighted by Crippen LogP contribution is 2.49. The average molecular weight is 500 g/mol. The summed E-state index contributed by atoms with van der Waals surface area (Å²) >= 11 is 0. The molecule has 1 heterocycles. The Morgan fingerprint density at radius 2 is 1.57 bits per heavy atom. The summed E-state index contributed by atoms with van der Waals surface area (Å²) in [5, 5.41) is 19.9. The van der Waals surface area contributed by atoms with Gasteiger partial charge in [-0.15, -0.1) is 0 Å². The second-order valence-electron chi connectivity index (χ2n) is 8.15. The first-order valence-corrected chi connectivity index (χ1v) is 10.7. The van der Waals surface area contributed by atoms with Crippen LogP contribution in [0, 0.1) is 10.8 Å². The quantitative estimate of drug-likeness (QED) is 0.0466. The lowest BCUT2D eigenvalue weighted by atomic mass is 9.60. The van der Waals surface area contributed by atoms with Crippen molar-refractivity contribution in [2.45, 2.75) is 43.3 Å². The molecule has 0 aromatic carbocycles. The van der Waals surface area contributed by atoms with Crippen LogP contribution >= 0.6 is 0 Å². The number of hydrogen-bond donors (Lipinski definition) is 9. The molecule has 1 fully saturated rings. The van der Waals surface area contributed by atoms with Gasteiger partial charge in [0.05, 0.1) is 31.6 Å². The summed E-state index contributed by atoms with van der Waals surface area (Å²) in [5.41, 5.74) is 27.3. The van der Waals surface area contributed by atoms with E-state index >= 15 is 0 Å². The average Bonchev–Trinajstić information content (AvgIpc) is 3.16. The maximum Gasteiger partial charge on any atom is 0.339 e. The predicted molar refractivity (Wildman–Crippen MR) is 121 cm³/mol. The van der Waals surface area contributed by atoms with Gasteiger partial charge < -0.3 is 49.7 Å². The van der Waals surface area contributed by atoms with Crippen LogP contribution in [0.15, 0.2) is 0 Å². The van der Waals surface area contributed by atoms with E-state index in [4.69, 9.17) is 39.8 Å². The Morgan fingerprint density at radius 3 is 2.03 bits per heavy atom. The molecule has 196 valence electrons. The lowest BCUT2D eigenvalue weighted by Gasteiger charge is -2.44. The lowest BCUT2D eigenvalue weighted by Crippen LogP contribution is -2.74. The standard InChI is InChI=1S/C19H33N9O7/c20-7-11(29)18(14(32)9(22)2-1-4-27-17(25)26)3-5-28(15(33)10(23)6-13(24)31)19(18,16(34)35)12(30)8-21/h9-10H,1-8,20-23H2,(H2,24,31)(H,34,35)(H4,25,26,27). The molecule has 1 aliphatic rings. The van der Waals surface area contributed by atoms with Crippen molar-refractivity contribution in [3.05, 3.63) is 0 Å². The largest absolute Gasteiger partial charge is 0.479 e. The number of hydrogen-bond acceptors (Lipinski definition) is 11. The molecule has 35 heavy (non-hydrogen) atoms. The summed E-state index contributed by atoms with van der Waals surface area (Å²) in [6, 6.07) is -3.10. The third-order valence-corrected chi connectivity index (χ3v) is 6.06. The lowest BCUT2D eigenvalue weighted by molar-refractivity contribution is -0.174. The normalized spacial score (nSPS) is 23.3. The molecule has 0 spiro atoms. The molecule has 16 heteroatoms. The third-order valence-electron chi connectivity index (χ3n) is 6.06. The molecule has 1 rings (SSSR count). The van der Waals surface area contributed by atoms with Crippen LogP contribution in [-0.2, 0) is 28.8 Å².